The lowest BCUT2D eigenvalue weighted by Crippen LogP contribution is -2.52. The Balaban J connectivity index is 1.52. The molecule has 1 heterocycles. The van der Waals surface area contributed by atoms with Crippen molar-refractivity contribution < 1.29 is 46.0 Å². The minimum atomic E-state index is -4.27. The van der Waals surface area contributed by atoms with Crippen LogP contribution < -0.4 is 10.1 Å². The van der Waals surface area contributed by atoms with Crippen LogP contribution in [0.5, 0.6) is 5.75 Å². The first kappa shape index (κ1) is 35.3. The molecule has 0 saturated carbocycles. The number of rotatable bonds is 13. The Morgan fingerprint density at radius 1 is 1.09 bits per heavy atom. The average Bonchev–Trinajstić information content (AvgIpc) is 3.28. The summed E-state index contributed by atoms with van der Waals surface area (Å²) in [5, 5.41) is 14.2. The number of nitrogens with one attached hydrogen (secondary N) is 1. The molecule has 13 heteroatoms. The van der Waals surface area contributed by atoms with Gasteiger partial charge in [-0.1, -0.05) is 62.4 Å². The minimum absolute atomic E-state index is 0.0173. The molecule has 3 atom stereocenters. The number of halogens is 2. The van der Waals surface area contributed by atoms with Crippen molar-refractivity contribution >= 4 is 16.1 Å². The molecule has 2 aromatic carbocycles. The molecule has 2 aliphatic rings. The standard InChI is InChI=1S/C33H42F2N2O8S/c1-22(2)19-37(46(40,41)26-15-16-29-30(18-26)44-33(34,35)43-29)20-28(38)27(36-31(39)45-32(3,4)5)17-23-11-13-25(14-12-23)42-21-24-9-7-6-8-10-24/h6-15,18,22,27-29,38H,16-17,19-21H2,1-5H3,(H,36,39)/t27-,28+,29?/m0/s1. The Kier molecular flexibility index (Phi) is 11.1. The van der Waals surface area contributed by atoms with E-state index >= 15 is 0 Å². The van der Waals surface area contributed by atoms with Crippen LogP contribution in [0, 0.1) is 5.92 Å². The van der Waals surface area contributed by atoms with E-state index in [1.807, 2.05) is 44.2 Å². The summed E-state index contributed by atoms with van der Waals surface area (Å²) in [6.07, 6.45) is -4.74. The van der Waals surface area contributed by atoms with Crippen LogP contribution in [0.2, 0.25) is 0 Å². The normalized spacial score (nSPS) is 19.0. The molecule has 0 bridgehead atoms. The van der Waals surface area contributed by atoms with E-state index in [0.29, 0.717) is 12.4 Å². The average molecular weight is 665 g/mol. The highest BCUT2D eigenvalue weighted by Crippen LogP contribution is 2.39. The number of carbonyl (C=O) groups is 1. The topological polar surface area (TPSA) is 124 Å². The van der Waals surface area contributed by atoms with E-state index in [-0.39, 0.29) is 36.0 Å². The molecule has 1 unspecified atom stereocenters. The zero-order chi connectivity index (χ0) is 33.7. The number of aliphatic hydroxyl groups excluding tert-OH is 1. The van der Waals surface area contributed by atoms with Gasteiger partial charge in [-0.15, -0.1) is 8.78 Å². The number of amides is 1. The first-order valence-corrected chi connectivity index (χ1v) is 16.5. The van der Waals surface area contributed by atoms with Crippen molar-refractivity contribution in [2.24, 2.45) is 5.92 Å². The number of alkyl carbamates (subject to hydrolysis) is 1. The van der Waals surface area contributed by atoms with Crippen molar-refractivity contribution in [3.8, 4) is 5.75 Å². The highest BCUT2D eigenvalue weighted by Gasteiger charge is 2.49. The number of alkyl halides is 2. The fourth-order valence-electron chi connectivity index (χ4n) is 4.96. The van der Waals surface area contributed by atoms with Gasteiger partial charge in [0.1, 0.15) is 29.8 Å². The predicted octanol–water partition coefficient (Wildman–Crippen LogP) is 5.49. The first-order valence-electron chi connectivity index (χ1n) is 15.1. The van der Waals surface area contributed by atoms with Crippen LogP contribution >= 0.6 is 0 Å². The van der Waals surface area contributed by atoms with E-state index < -0.39 is 52.8 Å². The molecule has 46 heavy (non-hydrogen) atoms. The van der Waals surface area contributed by atoms with Crippen LogP contribution in [0.15, 0.2) is 77.4 Å². The Morgan fingerprint density at radius 2 is 1.76 bits per heavy atom. The molecular weight excluding hydrogens is 622 g/mol. The lowest BCUT2D eigenvalue weighted by Gasteiger charge is -2.32. The molecule has 252 valence electrons. The van der Waals surface area contributed by atoms with Crippen LogP contribution in [-0.2, 0) is 37.3 Å². The van der Waals surface area contributed by atoms with E-state index in [0.717, 1.165) is 21.5 Å². The fourth-order valence-corrected chi connectivity index (χ4v) is 6.67. The van der Waals surface area contributed by atoms with Crippen LogP contribution in [0.3, 0.4) is 0 Å². The van der Waals surface area contributed by atoms with Crippen molar-refractivity contribution in [2.45, 2.75) is 84.2 Å². The van der Waals surface area contributed by atoms with Gasteiger partial charge in [-0.25, -0.2) is 13.2 Å². The number of ether oxygens (including phenoxy) is 4. The van der Waals surface area contributed by atoms with Gasteiger partial charge in [0.15, 0.2) is 0 Å². The summed E-state index contributed by atoms with van der Waals surface area (Å²) in [4.78, 5) is 12.6. The lowest BCUT2D eigenvalue weighted by molar-refractivity contribution is -0.341. The van der Waals surface area contributed by atoms with Gasteiger partial charge in [-0.2, -0.15) is 4.31 Å². The Morgan fingerprint density at radius 3 is 2.39 bits per heavy atom. The molecular formula is C33H42F2N2O8S. The molecule has 2 N–H and O–H groups in total. The third kappa shape index (κ3) is 9.99. The van der Waals surface area contributed by atoms with Crippen LogP contribution in [-0.4, -0.2) is 67.2 Å². The number of allylic oxidation sites excluding steroid dienone is 1. The first-order chi connectivity index (χ1) is 21.5. The zero-order valence-electron chi connectivity index (χ0n) is 26.6. The smallest absolute Gasteiger partial charge is 0.489 e. The van der Waals surface area contributed by atoms with Gasteiger partial charge in [0.2, 0.25) is 10.0 Å². The van der Waals surface area contributed by atoms with Gasteiger partial charge in [-0.05, 0) is 62.4 Å². The molecule has 1 saturated heterocycles. The van der Waals surface area contributed by atoms with Crippen LogP contribution in [0.4, 0.5) is 13.6 Å². The van der Waals surface area contributed by atoms with Gasteiger partial charge < -0.3 is 24.6 Å². The summed E-state index contributed by atoms with van der Waals surface area (Å²) in [7, 11) is -4.27. The van der Waals surface area contributed by atoms with E-state index in [2.05, 4.69) is 14.8 Å². The highest BCUT2D eigenvalue weighted by molar-refractivity contribution is 7.93. The van der Waals surface area contributed by atoms with Crippen molar-refractivity contribution in [3.05, 3.63) is 88.5 Å². The Bertz CT molecular complexity index is 1510. The summed E-state index contributed by atoms with van der Waals surface area (Å²) in [6, 6.07) is 15.9. The maximum absolute atomic E-state index is 13.8. The molecule has 1 fully saturated rings. The Hall–Kier alpha value is -3.52. The van der Waals surface area contributed by atoms with Gasteiger partial charge in [0, 0.05) is 19.5 Å². The molecule has 0 spiro atoms. The van der Waals surface area contributed by atoms with Gasteiger partial charge in [0.05, 0.1) is 17.1 Å². The number of benzene rings is 2. The second-order valence-corrected chi connectivity index (χ2v) is 14.7. The maximum atomic E-state index is 13.8. The highest BCUT2D eigenvalue weighted by atomic mass is 32.2. The van der Waals surface area contributed by atoms with Crippen molar-refractivity contribution in [1.29, 1.82) is 0 Å². The summed E-state index contributed by atoms with van der Waals surface area (Å²) in [5.74, 6) is 0.199. The maximum Gasteiger partial charge on any atom is 0.535 e. The quantitative estimate of drug-likeness (QED) is 0.288. The largest absolute Gasteiger partial charge is 0.535 e. The van der Waals surface area contributed by atoms with E-state index in [1.54, 1.807) is 45.0 Å². The number of carbonyl (C=O) groups excluding carboxylic acids is 1. The van der Waals surface area contributed by atoms with Crippen LogP contribution in [0.1, 0.15) is 52.2 Å². The number of sulfonamides is 1. The fraction of sp³-hybridized carbons (Fsp3) is 0.485. The second-order valence-electron chi connectivity index (χ2n) is 12.7. The molecule has 10 nitrogen and oxygen atoms in total. The monoisotopic (exact) mass is 664 g/mol. The summed E-state index contributed by atoms with van der Waals surface area (Å²) in [5.41, 5.74) is 0.946. The number of hydrogen-bond donors (Lipinski definition) is 2. The number of hydrogen-bond acceptors (Lipinski definition) is 8. The summed E-state index contributed by atoms with van der Waals surface area (Å²) < 4.78 is 76.2. The van der Waals surface area contributed by atoms with Gasteiger partial charge >= 0.3 is 12.4 Å². The number of fused-ring (bicyclic) bond motifs is 1. The molecule has 1 aliphatic heterocycles. The second kappa shape index (κ2) is 14.5. The number of aliphatic hydroxyl groups is 1. The van der Waals surface area contributed by atoms with Gasteiger partial charge in [0.25, 0.3) is 0 Å². The van der Waals surface area contributed by atoms with Crippen molar-refractivity contribution in [1.82, 2.24) is 9.62 Å². The number of nitrogens with zero attached hydrogens (tertiary/aromatic N) is 1. The van der Waals surface area contributed by atoms with E-state index in [1.165, 1.54) is 6.08 Å². The lowest BCUT2D eigenvalue weighted by atomic mass is 10.0. The zero-order valence-corrected chi connectivity index (χ0v) is 27.4. The molecule has 1 aliphatic carbocycles. The Labute approximate surface area is 269 Å². The molecule has 0 aromatic heterocycles. The van der Waals surface area contributed by atoms with E-state index in [4.69, 9.17) is 9.47 Å². The summed E-state index contributed by atoms with van der Waals surface area (Å²) in [6.45, 7) is 8.74. The van der Waals surface area contributed by atoms with Crippen molar-refractivity contribution in [3.63, 3.8) is 0 Å². The third-order valence-corrected chi connectivity index (χ3v) is 8.90. The predicted molar refractivity (Wildman–Crippen MR) is 167 cm³/mol. The molecule has 0 radical (unpaired) electrons. The van der Waals surface area contributed by atoms with Crippen LogP contribution in [0.25, 0.3) is 0 Å². The summed E-state index contributed by atoms with van der Waals surface area (Å²) >= 11 is 0. The van der Waals surface area contributed by atoms with Crippen molar-refractivity contribution in [2.75, 3.05) is 13.1 Å². The molecule has 4 rings (SSSR count). The third-order valence-electron chi connectivity index (χ3n) is 7.04. The SMILES string of the molecule is CC(C)CN(C[C@@H](O)[C@H](Cc1ccc(OCc2ccccc2)cc1)NC(=O)OC(C)(C)C)S(=O)(=O)C1=CCC2OC(F)(F)OC2=C1. The van der Waals surface area contributed by atoms with Gasteiger partial charge in [-0.3, -0.25) is 4.74 Å². The molecule has 2 aromatic rings. The van der Waals surface area contributed by atoms with E-state index in [9.17, 15) is 27.1 Å². The molecule has 1 amide bonds. The minimum Gasteiger partial charge on any atom is -0.489 e.